The Morgan fingerprint density at radius 2 is 1.74 bits per heavy atom. The molecule has 0 unspecified atom stereocenters. The Morgan fingerprint density at radius 1 is 1.04 bits per heavy atom. The molecule has 0 bridgehead atoms. The average Bonchev–Trinajstić information content (AvgIpc) is 2.97. The summed E-state index contributed by atoms with van der Waals surface area (Å²) >= 11 is 6.01. The van der Waals surface area contributed by atoms with E-state index in [0.717, 1.165) is 5.56 Å². The number of rotatable bonds is 5. The normalized spacial score (nSPS) is 11.3. The molecule has 2 aromatic carbocycles. The Hall–Kier alpha value is -2.31. The summed E-state index contributed by atoms with van der Waals surface area (Å²) in [7, 11) is -3.68. The fourth-order valence-electron chi connectivity index (χ4n) is 2.13. The minimum absolute atomic E-state index is 0.0863. The van der Waals surface area contributed by atoms with Crippen molar-refractivity contribution in [3.05, 3.63) is 71.4 Å². The predicted octanol–water partition coefficient (Wildman–Crippen LogP) is 3.94. The highest BCUT2D eigenvalue weighted by Gasteiger charge is 2.19. The first-order valence-corrected chi connectivity index (χ1v) is 8.82. The molecule has 0 spiro atoms. The van der Waals surface area contributed by atoms with E-state index >= 15 is 0 Å². The van der Waals surface area contributed by atoms with Gasteiger partial charge in [-0.25, -0.2) is 8.42 Å². The summed E-state index contributed by atoms with van der Waals surface area (Å²) < 4.78 is 32.2. The van der Waals surface area contributed by atoms with Crippen molar-refractivity contribution in [1.82, 2.24) is 5.16 Å². The van der Waals surface area contributed by atoms with E-state index in [1.807, 2.05) is 30.3 Å². The maximum Gasteiger partial charge on any atom is 0.245 e. The van der Waals surface area contributed by atoms with Crippen LogP contribution in [0.2, 0.25) is 5.02 Å². The number of sulfonamides is 1. The highest BCUT2D eigenvalue weighted by molar-refractivity contribution is 7.91. The van der Waals surface area contributed by atoms with Gasteiger partial charge in [-0.05, 0) is 17.2 Å². The summed E-state index contributed by atoms with van der Waals surface area (Å²) in [4.78, 5) is 0. The largest absolute Gasteiger partial charge is 0.337 e. The number of halogens is 1. The molecule has 0 fully saturated rings. The van der Waals surface area contributed by atoms with Crippen LogP contribution in [-0.2, 0) is 15.8 Å². The molecule has 1 N–H and O–H groups in total. The van der Waals surface area contributed by atoms with Crippen LogP contribution in [0.15, 0.2) is 65.3 Å². The molecule has 1 aromatic heterocycles. The molecule has 0 saturated heterocycles. The van der Waals surface area contributed by atoms with Crippen molar-refractivity contribution in [2.45, 2.75) is 5.75 Å². The summed E-state index contributed by atoms with van der Waals surface area (Å²) in [5.74, 6) is -0.162. The third-order valence-electron chi connectivity index (χ3n) is 3.21. The summed E-state index contributed by atoms with van der Waals surface area (Å²) in [5.41, 5.74) is 1.90. The summed E-state index contributed by atoms with van der Waals surface area (Å²) in [5, 5.41) is 4.08. The van der Waals surface area contributed by atoms with Gasteiger partial charge in [0.25, 0.3) is 0 Å². The van der Waals surface area contributed by atoms with Gasteiger partial charge in [-0.15, -0.1) is 0 Å². The summed E-state index contributed by atoms with van der Waals surface area (Å²) in [6.07, 6.45) is 1.47. The SMILES string of the molecule is O=S(=O)(Cc1ccccc1Cl)Nc1oncc1-c1ccccc1. The number of nitrogens with one attached hydrogen (secondary N) is 1. The van der Waals surface area contributed by atoms with Gasteiger partial charge in [0, 0.05) is 5.02 Å². The van der Waals surface area contributed by atoms with E-state index < -0.39 is 10.0 Å². The third kappa shape index (κ3) is 3.72. The van der Waals surface area contributed by atoms with E-state index in [1.165, 1.54) is 6.20 Å². The molecule has 3 rings (SSSR count). The van der Waals surface area contributed by atoms with Crippen molar-refractivity contribution in [3.63, 3.8) is 0 Å². The number of anilines is 1. The fourth-order valence-corrected chi connectivity index (χ4v) is 3.58. The Bertz CT molecular complexity index is 908. The van der Waals surface area contributed by atoms with Crippen molar-refractivity contribution in [1.29, 1.82) is 0 Å². The molecule has 0 aliphatic carbocycles. The standard InChI is InChI=1S/C16H13ClN2O3S/c17-15-9-5-4-8-13(15)11-23(20,21)19-16-14(10-18-22-16)12-6-2-1-3-7-12/h1-10,19H,11H2. The molecule has 3 aromatic rings. The van der Waals surface area contributed by atoms with Crippen LogP contribution in [0.5, 0.6) is 0 Å². The first kappa shape index (κ1) is 15.6. The van der Waals surface area contributed by atoms with Crippen LogP contribution in [0.25, 0.3) is 11.1 Å². The second-order valence-electron chi connectivity index (χ2n) is 4.89. The van der Waals surface area contributed by atoms with Gasteiger partial charge in [-0.3, -0.25) is 4.72 Å². The average molecular weight is 349 g/mol. The molecule has 0 aliphatic heterocycles. The first-order chi connectivity index (χ1) is 11.1. The highest BCUT2D eigenvalue weighted by atomic mass is 35.5. The van der Waals surface area contributed by atoms with Crippen molar-refractivity contribution < 1.29 is 12.9 Å². The maximum absolute atomic E-state index is 12.3. The predicted molar refractivity (Wildman–Crippen MR) is 89.6 cm³/mol. The van der Waals surface area contributed by atoms with Gasteiger partial charge in [-0.1, -0.05) is 65.3 Å². The van der Waals surface area contributed by atoms with E-state index in [2.05, 4.69) is 9.88 Å². The molecule has 23 heavy (non-hydrogen) atoms. The zero-order valence-electron chi connectivity index (χ0n) is 11.9. The molecule has 5 nitrogen and oxygen atoms in total. The first-order valence-electron chi connectivity index (χ1n) is 6.79. The van der Waals surface area contributed by atoms with Crippen molar-refractivity contribution >= 4 is 27.5 Å². The van der Waals surface area contributed by atoms with E-state index in [9.17, 15) is 8.42 Å². The lowest BCUT2D eigenvalue weighted by Gasteiger charge is -2.08. The van der Waals surface area contributed by atoms with Gasteiger partial charge in [0.15, 0.2) is 0 Å². The van der Waals surface area contributed by atoms with Crippen molar-refractivity contribution in [2.24, 2.45) is 0 Å². The second kappa shape index (κ2) is 6.44. The molecule has 1 heterocycles. The van der Waals surface area contributed by atoms with Crippen LogP contribution in [0.1, 0.15) is 5.56 Å². The number of hydrogen-bond acceptors (Lipinski definition) is 4. The monoisotopic (exact) mass is 348 g/mol. The lowest BCUT2D eigenvalue weighted by molar-refractivity contribution is 0.435. The van der Waals surface area contributed by atoms with Crippen molar-refractivity contribution in [3.8, 4) is 11.1 Å². The van der Waals surface area contributed by atoms with E-state index in [-0.39, 0.29) is 11.6 Å². The van der Waals surface area contributed by atoms with E-state index in [4.69, 9.17) is 16.1 Å². The number of benzene rings is 2. The number of nitrogens with zero attached hydrogens (tertiary/aromatic N) is 1. The van der Waals surface area contributed by atoms with Gasteiger partial charge < -0.3 is 4.52 Å². The third-order valence-corrected chi connectivity index (χ3v) is 4.76. The van der Waals surface area contributed by atoms with E-state index in [0.29, 0.717) is 16.1 Å². The van der Waals surface area contributed by atoms with Crippen LogP contribution in [0.3, 0.4) is 0 Å². The Kier molecular flexibility index (Phi) is 4.36. The molecule has 7 heteroatoms. The smallest absolute Gasteiger partial charge is 0.245 e. The molecule has 0 aliphatic rings. The summed E-state index contributed by atoms with van der Waals surface area (Å²) in [6.45, 7) is 0. The van der Waals surface area contributed by atoms with Crippen LogP contribution >= 0.6 is 11.6 Å². The topological polar surface area (TPSA) is 72.2 Å². The van der Waals surface area contributed by atoms with Crippen LogP contribution in [0, 0.1) is 0 Å². The second-order valence-corrected chi connectivity index (χ2v) is 7.02. The number of aromatic nitrogens is 1. The molecule has 0 atom stereocenters. The molecule has 0 amide bonds. The molecular weight excluding hydrogens is 336 g/mol. The summed E-state index contributed by atoms with van der Waals surface area (Å²) in [6, 6.07) is 16.1. The highest BCUT2D eigenvalue weighted by Crippen LogP contribution is 2.29. The Labute approximate surface area is 138 Å². The quantitative estimate of drug-likeness (QED) is 0.758. The van der Waals surface area contributed by atoms with Gasteiger partial charge >= 0.3 is 0 Å². The lowest BCUT2D eigenvalue weighted by atomic mass is 10.1. The zero-order chi connectivity index (χ0) is 16.3. The molecule has 0 radical (unpaired) electrons. The van der Waals surface area contributed by atoms with E-state index in [1.54, 1.807) is 24.3 Å². The van der Waals surface area contributed by atoms with Crippen LogP contribution in [-0.4, -0.2) is 13.6 Å². The molecular formula is C16H13ClN2O3S. The molecule has 0 saturated carbocycles. The Balaban J connectivity index is 1.85. The van der Waals surface area contributed by atoms with Crippen molar-refractivity contribution in [2.75, 3.05) is 4.72 Å². The lowest BCUT2D eigenvalue weighted by Crippen LogP contribution is -2.15. The number of hydrogen-bond donors (Lipinski definition) is 1. The van der Waals surface area contributed by atoms with Gasteiger partial charge in [-0.2, -0.15) is 0 Å². The van der Waals surface area contributed by atoms with Gasteiger partial charge in [0.05, 0.1) is 17.5 Å². The fraction of sp³-hybridized carbons (Fsp3) is 0.0625. The zero-order valence-corrected chi connectivity index (χ0v) is 13.5. The van der Waals surface area contributed by atoms with Gasteiger partial charge in [0.2, 0.25) is 15.9 Å². The van der Waals surface area contributed by atoms with Crippen LogP contribution < -0.4 is 4.72 Å². The minimum Gasteiger partial charge on any atom is -0.337 e. The minimum atomic E-state index is -3.68. The molecule has 118 valence electrons. The maximum atomic E-state index is 12.3. The van der Waals surface area contributed by atoms with Gasteiger partial charge in [0.1, 0.15) is 0 Å². The Morgan fingerprint density at radius 3 is 2.48 bits per heavy atom. The van der Waals surface area contributed by atoms with Crippen LogP contribution in [0.4, 0.5) is 5.88 Å².